The van der Waals surface area contributed by atoms with Gasteiger partial charge in [0, 0.05) is 12.8 Å². The first-order chi connectivity index (χ1) is 9.85. The Morgan fingerprint density at radius 2 is 2.00 bits per heavy atom. The van der Waals surface area contributed by atoms with Crippen LogP contribution in [0.5, 0.6) is 0 Å². The third kappa shape index (κ3) is 4.13. The molecule has 1 aromatic carbocycles. The van der Waals surface area contributed by atoms with E-state index in [2.05, 4.69) is 10.8 Å². The van der Waals surface area contributed by atoms with Crippen molar-refractivity contribution in [3.05, 3.63) is 35.9 Å². The third-order valence-corrected chi connectivity index (χ3v) is 5.23. The maximum atomic E-state index is 12.1. The normalized spacial score (nSPS) is 26.7. The minimum absolute atomic E-state index is 0.0503. The second-order valence-electron chi connectivity index (χ2n) is 6.50. The van der Waals surface area contributed by atoms with Crippen LogP contribution in [0.2, 0.25) is 0 Å². The Bertz CT molecular complexity index is 540. The lowest BCUT2D eigenvalue weighted by Crippen LogP contribution is -2.59. The summed E-state index contributed by atoms with van der Waals surface area (Å²) in [4.78, 5) is 0. The van der Waals surface area contributed by atoms with E-state index in [0.717, 1.165) is 5.56 Å². The smallest absolute Gasteiger partial charge is 0.122 e. The Balaban J connectivity index is 1.83. The quantitative estimate of drug-likeness (QED) is 0.909. The first kappa shape index (κ1) is 16.2. The molecule has 0 radical (unpaired) electrons. The molecule has 0 aromatic heterocycles. The van der Waals surface area contributed by atoms with E-state index in [1.807, 2.05) is 51.1 Å². The molecule has 21 heavy (non-hydrogen) atoms. The molecule has 1 aliphatic rings. The molecule has 2 rings (SSSR count). The van der Waals surface area contributed by atoms with E-state index in [9.17, 15) is 9.47 Å². The van der Waals surface area contributed by atoms with Crippen LogP contribution in [-0.4, -0.2) is 20.6 Å². The molecule has 0 aliphatic heterocycles. The Labute approximate surface area is 129 Å². The highest BCUT2D eigenvalue weighted by Crippen LogP contribution is 2.35. The summed E-state index contributed by atoms with van der Waals surface area (Å²) in [5, 5.41) is 9.35. The summed E-state index contributed by atoms with van der Waals surface area (Å²) >= 11 is 0. The fraction of sp³-hybridized carbons (Fsp3) is 0.562. The lowest BCUT2D eigenvalue weighted by Gasteiger charge is -2.43. The van der Waals surface area contributed by atoms with Crippen molar-refractivity contribution >= 4 is 11.0 Å². The number of nitriles is 1. The second-order valence-corrected chi connectivity index (χ2v) is 8.47. The molecular weight excluding hydrogens is 284 g/mol. The lowest BCUT2D eigenvalue weighted by atomic mass is 9.76. The van der Waals surface area contributed by atoms with Gasteiger partial charge in [-0.25, -0.2) is 8.93 Å². The largest absolute Gasteiger partial charge is 0.373 e. The minimum atomic E-state index is -1.24. The van der Waals surface area contributed by atoms with Gasteiger partial charge in [-0.2, -0.15) is 5.26 Å². The fourth-order valence-corrected chi connectivity index (χ4v) is 3.03. The SMILES string of the molecule is CC(C)(C)S(=O)NC1(C#N)CC(OCc2ccccc2)C1. The number of ether oxygens (including phenoxy) is 1. The van der Waals surface area contributed by atoms with Gasteiger partial charge in [-0.1, -0.05) is 30.3 Å². The highest BCUT2D eigenvalue weighted by Gasteiger charge is 2.47. The van der Waals surface area contributed by atoms with Gasteiger partial charge in [0.15, 0.2) is 0 Å². The molecule has 1 N–H and O–H groups in total. The molecule has 1 fully saturated rings. The average molecular weight is 306 g/mol. The summed E-state index contributed by atoms with van der Waals surface area (Å²) in [7, 11) is -1.24. The summed E-state index contributed by atoms with van der Waals surface area (Å²) < 4.78 is 20.5. The van der Waals surface area contributed by atoms with Gasteiger partial charge in [0.05, 0.1) is 34.5 Å². The number of nitrogens with one attached hydrogen (secondary N) is 1. The van der Waals surface area contributed by atoms with Crippen molar-refractivity contribution in [1.29, 1.82) is 5.26 Å². The highest BCUT2D eigenvalue weighted by molar-refractivity contribution is 7.84. The molecule has 1 atom stereocenters. The number of nitrogens with zero attached hydrogens (tertiary/aromatic N) is 1. The van der Waals surface area contributed by atoms with Gasteiger partial charge in [0.25, 0.3) is 0 Å². The Morgan fingerprint density at radius 3 is 2.52 bits per heavy atom. The topological polar surface area (TPSA) is 62.1 Å². The maximum absolute atomic E-state index is 12.1. The van der Waals surface area contributed by atoms with Crippen molar-refractivity contribution in [2.45, 2.75) is 56.6 Å². The van der Waals surface area contributed by atoms with Crippen molar-refractivity contribution in [2.75, 3.05) is 0 Å². The summed E-state index contributed by atoms with van der Waals surface area (Å²) in [6, 6.07) is 12.2. The van der Waals surface area contributed by atoms with Crippen LogP contribution in [-0.2, 0) is 22.3 Å². The van der Waals surface area contributed by atoms with Gasteiger partial charge >= 0.3 is 0 Å². The van der Waals surface area contributed by atoms with E-state index in [4.69, 9.17) is 4.74 Å². The zero-order valence-electron chi connectivity index (χ0n) is 12.8. The lowest BCUT2D eigenvalue weighted by molar-refractivity contribution is -0.0400. The molecule has 1 unspecified atom stereocenters. The predicted octanol–water partition coefficient (Wildman–Crippen LogP) is 2.68. The van der Waals surface area contributed by atoms with Crippen LogP contribution in [0.15, 0.2) is 30.3 Å². The van der Waals surface area contributed by atoms with E-state index >= 15 is 0 Å². The summed E-state index contributed by atoms with van der Waals surface area (Å²) in [5.74, 6) is 0. The molecule has 0 spiro atoms. The second kappa shape index (κ2) is 6.27. The van der Waals surface area contributed by atoms with Crippen LogP contribution in [0.25, 0.3) is 0 Å². The zero-order valence-corrected chi connectivity index (χ0v) is 13.6. The molecule has 4 nitrogen and oxygen atoms in total. The van der Waals surface area contributed by atoms with Crippen molar-refractivity contribution in [1.82, 2.24) is 4.72 Å². The fourth-order valence-electron chi connectivity index (χ4n) is 2.15. The molecule has 1 saturated carbocycles. The van der Waals surface area contributed by atoms with E-state index in [-0.39, 0.29) is 10.9 Å². The van der Waals surface area contributed by atoms with E-state index in [1.165, 1.54) is 0 Å². The first-order valence-corrected chi connectivity index (χ1v) is 8.26. The molecular formula is C16H22N2O2S. The van der Waals surface area contributed by atoms with Crippen molar-refractivity contribution in [3.63, 3.8) is 0 Å². The number of hydrogen-bond donors (Lipinski definition) is 1. The van der Waals surface area contributed by atoms with Gasteiger partial charge in [-0.3, -0.25) is 0 Å². The van der Waals surface area contributed by atoms with Crippen LogP contribution >= 0.6 is 0 Å². The van der Waals surface area contributed by atoms with Gasteiger partial charge in [-0.05, 0) is 26.3 Å². The van der Waals surface area contributed by atoms with Crippen LogP contribution in [0.4, 0.5) is 0 Å². The molecule has 5 heteroatoms. The molecule has 1 aromatic rings. The molecule has 114 valence electrons. The third-order valence-electron chi connectivity index (χ3n) is 3.54. The van der Waals surface area contributed by atoms with E-state index in [1.54, 1.807) is 0 Å². The highest BCUT2D eigenvalue weighted by atomic mass is 32.2. The van der Waals surface area contributed by atoms with Gasteiger partial charge < -0.3 is 4.74 Å². The zero-order chi connectivity index (χ0) is 15.5. The standard InChI is InChI=1S/C16H22N2O2S/c1-15(2,3)21(19)18-16(12-17)9-14(10-16)20-11-13-7-5-4-6-8-13/h4-8,14,18H,9-11H2,1-3H3. The molecule has 0 saturated heterocycles. The van der Waals surface area contributed by atoms with Gasteiger partial charge in [0.2, 0.25) is 0 Å². The Morgan fingerprint density at radius 1 is 1.38 bits per heavy atom. The minimum Gasteiger partial charge on any atom is -0.373 e. The first-order valence-electron chi connectivity index (χ1n) is 7.11. The monoisotopic (exact) mass is 306 g/mol. The number of rotatable bonds is 5. The molecule has 1 aliphatic carbocycles. The predicted molar refractivity (Wildman–Crippen MR) is 83.6 cm³/mol. The van der Waals surface area contributed by atoms with Crippen LogP contribution in [0, 0.1) is 11.3 Å². The van der Waals surface area contributed by atoms with Crippen LogP contribution in [0.3, 0.4) is 0 Å². The van der Waals surface area contributed by atoms with E-state index < -0.39 is 16.5 Å². The Kier molecular flexibility index (Phi) is 4.82. The number of benzene rings is 1. The van der Waals surface area contributed by atoms with Gasteiger partial charge in [0.1, 0.15) is 5.54 Å². The van der Waals surface area contributed by atoms with Crippen LogP contribution in [0.1, 0.15) is 39.2 Å². The van der Waals surface area contributed by atoms with Crippen molar-refractivity contribution < 1.29 is 8.95 Å². The summed E-state index contributed by atoms with van der Waals surface area (Å²) in [6.45, 7) is 6.23. The Hall–Kier alpha value is -1.22. The van der Waals surface area contributed by atoms with E-state index in [0.29, 0.717) is 19.4 Å². The molecule has 0 heterocycles. The van der Waals surface area contributed by atoms with Crippen molar-refractivity contribution in [3.8, 4) is 6.07 Å². The number of hydrogen-bond acceptors (Lipinski definition) is 3. The average Bonchev–Trinajstić information content (AvgIpc) is 2.41. The maximum Gasteiger partial charge on any atom is 0.122 e. The summed E-state index contributed by atoms with van der Waals surface area (Å²) in [6.07, 6.45) is 1.21. The molecule has 0 amide bonds. The summed E-state index contributed by atoms with van der Waals surface area (Å²) in [5.41, 5.74) is 0.414. The molecule has 0 bridgehead atoms. The van der Waals surface area contributed by atoms with Gasteiger partial charge in [-0.15, -0.1) is 0 Å². The van der Waals surface area contributed by atoms with Crippen molar-refractivity contribution in [2.24, 2.45) is 0 Å². The van der Waals surface area contributed by atoms with Crippen LogP contribution < -0.4 is 4.72 Å².